The zero-order valence-corrected chi connectivity index (χ0v) is 13.0. The molecular weight excluding hydrogens is 280 g/mol. The third kappa shape index (κ3) is 4.01. The number of hydrogen-bond acceptors (Lipinski definition) is 3. The van der Waals surface area contributed by atoms with Crippen LogP contribution in [-0.4, -0.2) is 24.3 Å². The molecule has 0 radical (unpaired) electrons. The molecule has 0 fully saturated rings. The number of methoxy groups -OCH3 is 1. The van der Waals surface area contributed by atoms with Crippen molar-refractivity contribution in [1.29, 1.82) is 0 Å². The second-order valence-corrected chi connectivity index (χ2v) is 5.26. The molecule has 2 rings (SSSR count). The van der Waals surface area contributed by atoms with Crippen molar-refractivity contribution in [1.82, 2.24) is 0 Å². The highest BCUT2D eigenvalue weighted by Crippen LogP contribution is 2.22. The van der Waals surface area contributed by atoms with Crippen LogP contribution in [0.15, 0.2) is 42.5 Å². The van der Waals surface area contributed by atoms with E-state index in [0.29, 0.717) is 17.9 Å². The molecule has 0 aliphatic rings. The first-order chi connectivity index (χ1) is 10.5. The van der Waals surface area contributed by atoms with E-state index in [2.05, 4.69) is 0 Å². The smallest absolute Gasteiger partial charge is 0.345 e. The summed E-state index contributed by atoms with van der Waals surface area (Å²) in [5, 5.41) is 9.43. The Hall–Kier alpha value is -2.49. The Balaban J connectivity index is 2.19. The van der Waals surface area contributed by atoms with E-state index in [0.717, 1.165) is 16.7 Å². The fourth-order valence-corrected chi connectivity index (χ4v) is 2.24. The first-order valence-corrected chi connectivity index (χ1v) is 7.09. The van der Waals surface area contributed by atoms with E-state index in [4.69, 9.17) is 9.47 Å². The topological polar surface area (TPSA) is 55.8 Å². The predicted octanol–water partition coefficient (Wildman–Crippen LogP) is 3.39. The molecule has 0 amide bonds. The van der Waals surface area contributed by atoms with Gasteiger partial charge in [-0.3, -0.25) is 0 Å². The molecule has 0 saturated carbocycles. The maximum absolute atomic E-state index is 11.5. The van der Waals surface area contributed by atoms with Crippen LogP contribution in [0.3, 0.4) is 0 Å². The zero-order valence-electron chi connectivity index (χ0n) is 13.0. The molecule has 0 heterocycles. The molecule has 116 valence electrons. The molecule has 1 N–H and O–H groups in total. The fourth-order valence-electron chi connectivity index (χ4n) is 2.24. The van der Waals surface area contributed by atoms with Gasteiger partial charge in [0.25, 0.3) is 0 Å². The van der Waals surface area contributed by atoms with Crippen LogP contribution in [0.2, 0.25) is 0 Å². The molecule has 22 heavy (non-hydrogen) atoms. The van der Waals surface area contributed by atoms with Crippen LogP contribution in [0.1, 0.15) is 16.7 Å². The van der Waals surface area contributed by atoms with Crippen LogP contribution in [0.4, 0.5) is 0 Å². The maximum Gasteiger partial charge on any atom is 0.345 e. The minimum atomic E-state index is -0.983. The van der Waals surface area contributed by atoms with Crippen molar-refractivity contribution in [3.8, 4) is 11.5 Å². The minimum Gasteiger partial charge on any atom is -0.497 e. The number of carboxylic acid groups (broad SMARTS) is 1. The first-order valence-electron chi connectivity index (χ1n) is 7.09. The third-order valence-corrected chi connectivity index (χ3v) is 3.50. The van der Waals surface area contributed by atoms with Crippen LogP contribution in [0.25, 0.3) is 0 Å². The van der Waals surface area contributed by atoms with Crippen molar-refractivity contribution in [3.05, 3.63) is 59.2 Å². The van der Waals surface area contributed by atoms with Gasteiger partial charge in [0.2, 0.25) is 0 Å². The monoisotopic (exact) mass is 300 g/mol. The molecule has 0 bridgehead atoms. The molecule has 0 aromatic heterocycles. The number of aliphatic carboxylic acids is 1. The van der Waals surface area contributed by atoms with Gasteiger partial charge in [0.1, 0.15) is 11.5 Å². The van der Waals surface area contributed by atoms with Gasteiger partial charge in [-0.25, -0.2) is 4.79 Å². The molecule has 1 atom stereocenters. The molecule has 0 aliphatic carbocycles. The van der Waals surface area contributed by atoms with E-state index in [-0.39, 0.29) is 0 Å². The number of aryl methyl sites for hydroxylation is 2. The minimum absolute atomic E-state index is 0.320. The van der Waals surface area contributed by atoms with Crippen molar-refractivity contribution in [3.63, 3.8) is 0 Å². The molecule has 4 heteroatoms. The Morgan fingerprint density at radius 3 is 2.55 bits per heavy atom. The molecule has 4 nitrogen and oxygen atoms in total. The van der Waals surface area contributed by atoms with E-state index >= 15 is 0 Å². The third-order valence-electron chi connectivity index (χ3n) is 3.50. The number of carboxylic acids is 1. The summed E-state index contributed by atoms with van der Waals surface area (Å²) in [7, 11) is 1.56. The summed E-state index contributed by atoms with van der Waals surface area (Å²) in [6, 6.07) is 13.0. The van der Waals surface area contributed by atoms with Gasteiger partial charge in [-0.05, 0) is 37.1 Å². The van der Waals surface area contributed by atoms with E-state index in [9.17, 15) is 9.90 Å². The molecular formula is C18H20O4. The summed E-state index contributed by atoms with van der Waals surface area (Å²) in [5.41, 5.74) is 3.15. The van der Waals surface area contributed by atoms with E-state index in [1.807, 2.05) is 32.0 Å². The van der Waals surface area contributed by atoms with E-state index < -0.39 is 12.1 Å². The average molecular weight is 300 g/mol. The van der Waals surface area contributed by atoms with Gasteiger partial charge >= 0.3 is 5.97 Å². The second kappa shape index (κ2) is 6.98. The van der Waals surface area contributed by atoms with E-state index in [1.54, 1.807) is 31.4 Å². The lowest BCUT2D eigenvalue weighted by Crippen LogP contribution is -2.29. The highest BCUT2D eigenvalue weighted by molar-refractivity contribution is 5.73. The van der Waals surface area contributed by atoms with Crippen molar-refractivity contribution < 1.29 is 19.4 Å². The lowest BCUT2D eigenvalue weighted by molar-refractivity contribution is -0.145. The van der Waals surface area contributed by atoms with Gasteiger partial charge in [-0.2, -0.15) is 0 Å². The molecule has 0 spiro atoms. The lowest BCUT2D eigenvalue weighted by Gasteiger charge is -2.17. The summed E-state index contributed by atoms with van der Waals surface area (Å²) >= 11 is 0. The average Bonchev–Trinajstić information content (AvgIpc) is 2.50. The number of carbonyl (C=O) groups is 1. The molecule has 2 aromatic rings. The second-order valence-electron chi connectivity index (χ2n) is 5.26. The van der Waals surface area contributed by atoms with Gasteiger partial charge in [-0.1, -0.05) is 29.8 Å². The first kappa shape index (κ1) is 15.9. The van der Waals surface area contributed by atoms with Crippen molar-refractivity contribution >= 4 is 5.97 Å². The van der Waals surface area contributed by atoms with Gasteiger partial charge in [0.15, 0.2) is 6.10 Å². The fraction of sp³-hybridized carbons (Fsp3) is 0.278. The number of ether oxygens (including phenoxy) is 2. The Morgan fingerprint density at radius 2 is 1.86 bits per heavy atom. The van der Waals surface area contributed by atoms with E-state index in [1.165, 1.54) is 0 Å². The Kier molecular flexibility index (Phi) is 5.04. The molecule has 0 unspecified atom stereocenters. The quantitative estimate of drug-likeness (QED) is 0.888. The Labute approximate surface area is 130 Å². The highest BCUT2D eigenvalue weighted by Gasteiger charge is 2.21. The molecule has 0 aliphatic heterocycles. The summed E-state index contributed by atoms with van der Waals surface area (Å²) in [6.45, 7) is 3.96. The van der Waals surface area contributed by atoms with Crippen LogP contribution < -0.4 is 9.47 Å². The molecule has 2 aromatic carbocycles. The normalized spacial score (nSPS) is 11.8. The van der Waals surface area contributed by atoms with Crippen molar-refractivity contribution in [2.45, 2.75) is 26.4 Å². The van der Waals surface area contributed by atoms with Gasteiger partial charge in [-0.15, -0.1) is 0 Å². The largest absolute Gasteiger partial charge is 0.497 e. The van der Waals surface area contributed by atoms with Crippen LogP contribution >= 0.6 is 0 Å². The summed E-state index contributed by atoms with van der Waals surface area (Å²) < 4.78 is 10.8. The Morgan fingerprint density at radius 1 is 1.14 bits per heavy atom. The Bertz CT molecular complexity index is 664. The summed E-state index contributed by atoms with van der Waals surface area (Å²) in [4.78, 5) is 11.5. The summed E-state index contributed by atoms with van der Waals surface area (Å²) in [5.74, 6) is 0.133. The van der Waals surface area contributed by atoms with Crippen LogP contribution in [0, 0.1) is 13.8 Å². The van der Waals surface area contributed by atoms with Gasteiger partial charge < -0.3 is 14.6 Å². The van der Waals surface area contributed by atoms with Crippen molar-refractivity contribution in [2.24, 2.45) is 0 Å². The van der Waals surface area contributed by atoms with Crippen LogP contribution in [-0.2, 0) is 11.2 Å². The molecule has 0 saturated heterocycles. The van der Waals surface area contributed by atoms with Crippen molar-refractivity contribution in [2.75, 3.05) is 7.11 Å². The zero-order chi connectivity index (χ0) is 16.1. The van der Waals surface area contributed by atoms with Gasteiger partial charge in [0, 0.05) is 12.5 Å². The number of hydrogen-bond donors (Lipinski definition) is 1. The maximum atomic E-state index is 11.5. The number of rotatable bonds is 6. The highest BCUT2D eigenvalue weighted by atomic mass is 16.5. The lowest BCUT2D eigenvalue weighted by atomic mass is 10.00. The van der Waals surface area contributed by atoms with Gasteiger partial charge in [0.05, 0.1) is 7.11 Å². The summed E-state index contributed by atoms with van der Waals surface area (Å²) in [6.07, 6.45) is -0.618. The predicted molar refractivity (Wildman–Crippen MR) is 84.7 cm³/mol. The standard InChI is InChI=1S/C18H20O4/c1-12-7-8-13(2)14(9-12)10-17(18(19)20)22-16-6-4-5-15(11-16)21-3/h4-9,11,17H,10H2,1-3H3,(H,19,20)/t17-/m0/s1. The number of benzene rings is 2. The SMILES string of the molecule is COc1cccc(O[C@@H](Cc2cc(C)ccc2C)C(=O)O)c1. The van der Waals surface area contributed by atoms with Crippen LogP contribution in [0.5, 0.6) is 11.5 Å².